The van der Waals surface area contributed by atoms with Gasteiger partial charge in [-0.3, -0.25) is 9.80 Å². The van der Waals surface area contributed by atoms with Crippen LogP contribution in [0.25, 0.3) is 32.7 Å². The fraction of sp³-hybridized carbons (Fsp3) is 0.0909. The van der Waals surface area contributed by atoms with Crippen molar-refractivity contribution in [1.29, 1.82) is 0 Å². The Labute approximate surface area is 332 Å². The maximum absolute atomic E-state index is 16.0. The van der Waals surface area contributed by atoms with Crippen LogP contribution in [-0.2, 0) is 11.8 Å². The van der Waals surface area contributed by atoms with Crippen molar-refractivity contribution in [2.75, 3.05) is 9.80 Å². The molecular formula is C44H26F8N2O2S2. The van der Waals surface area contributed by atoms with Crippen molar-refractivity contribution in [1.82, 2.24) is 0 Å². The van der Waals surface area contributed by atoms with E-state index in [1.54, 1.807) is 133 Å². The molecule has 0 fully saturated rings. The molecule has 4 aromatic heterocycles. The van der Waals surface area contributed by atoms with Crippen molar-refractivity contribution in [3.05, 3.63) is 167 Å². The van der Waals surface area contributed by atoms with E-state index >= 15 is 35.1 Å². The van der Waals surface area contributed by atoms with Crippen molar-refractivity contribution in [3.63, 3.8) is 0 Å². The summed E-state index contributed by atoms with van der Waals surface area (Å²) in [7, 11) is 0. The van der Waals surface area contributed by atoms with E-state index in [2.05, 4.69) is 0 Å². The van der Waals surface area contributed by atoms with Crippen LogP contribution in [-0.4, -0.2) is 11.8 Å². The zero-order valence-electron chi connectivity index (χ0n) is 29.6. The topological polar surface area (TPSA) is 32.8 Å². The van der Waals surface area contributed by atoms with Crippen molar-refractivity contribution in [3.8, 4) is 0 Å². The van der Waals surface area contributed by atoms with E-state index in [-0.39, 0.29) is 44.4 Å². The molecule has 14 heteroatoms. The van der Waals surface area contributed by atoms with Gasteiger partial charge in [0.25, 0.3) is 0 Å². The minimum atomic E-state index is -6.59. The van der Waals surface area contributed by atoms with Gasteiger partial charge < -0.3 is 8.83 Å². The van der Waals surface area contributed by atoms with E-state index in [4.69, 9.17) is 8.83 Å². The second kappa shape index (κ2) is 13.8. The van der Waals surface area contributed by atoms with Gasteiger partial charge in [-0.05, 0) is 60.0 Å². The van der Waals surface area contributed by atoms with E-state index in [0.717, 1.165) is 17.5 Å². The van der Waals surface area contributed by atoms with Crippen molar-refractivity contribution < 1.29 is 44.0 Å². The number of anilines is 6. The third-order valence-corrected chi connectivity index (χ3v) is 12.0. The van der Waals surface area contributed by atoms with Crippen LogP contribution < -0.4 is 9.80 Å². The lowest BCUT2D eigenvalue weighted by Crippen LogP contribution is -2.59. The van der Waals surface area contributed by atoms with Gasteiger partial charge in [0.2, 0.25) is 11.8 Å². The molecule has 58 heavy (non-hydrogen) atoms. The standard InChI is InChI=1S/C44H26F8N2O2S2/c45-41(46,35-21-23-39(57-35)53(30-15-2-1-3-16-30)37-25-28-12-5-8-19-33(28)55-37)43(49,50)44(51,52)42(47,48)36-22-24-40(58-36)54(38-26-29-13-6-9-20-34(29)56-38)32-18-10-14-27-11-4-7-17-31(27)32/h1-26H. The van der Waals surface area contributed by atoms with Crippen LogP contribution in [0.5, 0.6) is 0 Å². The van der Waals surface area contributed by atoms with E-state index in [1.807, 2.05) is 0 Å². The fourth-order valence-electron chi connectivity index (χ4n) is 6.78. The number of benzene rings is 5. The Bertz CT molecular complexity index is 2850. The summed E-state index contributed by atoms with van der Waals surface area (Å²) < 4.78 is 139. The van der Waals surface area contributed by atoms with E-state index in [1.165, 1.54) is 9.80 Å². The highest BCUT2D eigenvalue weighted by Crippen LogP contribution is 2.62. The average molecular weight is 831 g/mol. The number of hydrogen-bond acceptors (Lipinski definition) is 6. The maximum atomic E-state index is 16.0. The Hall–Kier alpha value is -6.12. The van der Waals surface area contributed by atoms with Crippen molar-refractivity contribution in [2.45, 2.75) is 23.7 Å². The van der Waals surface area contributed by atoms with Crippen molar-refractivity contribution >= 4 is 88.5 Å². The first-order valence-electron chi connectivity index (χ1n) is 17.6. The number of hydrogen-bond donors (Lipinski definition) is 0. The van der Waals surface area contributed by atoms with Gasteiger partial charge in [0, 0.05) is 34.0 Å². The van der Waals surface area contributed by atoms with Crippen LogP contribution in [0.1, 0.15) is 9.75 Å². The molecule has 0 saturated heterocycles. The summed E-state index contributed by atoms with van der Waals surface area (Å²) in [5.74, 6) is -24.5. The number of alkyl halides is 8. The summed E-state index contributed by atoms with van der Waals surface area (Å²) in [6.07, 6.45) is 0. The van der Waals surface area contributed by atoms with Crippen LogP contribution in [0.3, 0.4) is 0 Å². The lowest BCUT2D eigenvalue weighted by Gasteiger charge is -2.36. The Kier molecular flexibility index (Phi) is 8.89. The highest BCUT2D eigenvalue weighted by molar-refractivity contribution is 7.16. The predicted molar refractivity (Wildman–Crippen MR) is 213 cm³/mol. The molecule has 0 bridgehead atoms. The van der Waals surface area contributed by atoms with Gasteiger partial charge >= 0.3 is 23.7 Å². The molecule has 0 amide bonds. The maximum Gasteiger partial charge on any atom is 0.383 e. The van der Waals surface area contributed by atoms with Crippen LogP contribution in [0, 0.1) is 0 Å². The molecule has 0 radical (unpaired) electrons. The third kappa shape index (κ3) is 5.92. The molecule has 0 unspecified atom stereocenters. The number of fused-ring (bicyclic) bond motifs is 3. The molecule has 0 aliphatic rings. The average Bonchev–Trinajstić information content (AvgIpc) is 4.05. The molecule has 9 rings (SSSR count). The summed E-state index contributed by atoms with van der Waals surface area (Å²) >= 11 is 0.0995. The van der Waals surface area contributed by atoms with Gasteiger partial charge in [-0.15, -0.1) is 22.7 Å². The molecule has 4 nitrogen and oxygen atoms in total. The van der Waals surface area contributed by atoms with Crippen LogP contribution in [0.4, 0.5) is 68.3 Å². The van der Waals surface area contributed by atoms with Gasteiger partial charge in [0.1, 0.15) is 21.2 Å². The minimum Gasteiger partial charge on any atom is -0.440 e. The Morgan fingerprint density at radius 3 is 1.41 bits per heavy atom. The number of nitrogens with zero attached hydrogens (tertiary/aromatic N) is 2. The SMILES string of the molecule is FC(F)(c1ccc(N(c2ccccc2)c2cc3ccccc3o2)s1)C(F)(F)C(F)(F)C(F)(F)c1ccc(N(c2cc3ccccc3o2)c2cccc3ccccc23)s1. The molecule has 0 N–H and O–H groups in total. The van der Waals surface area contributed by atoms with Gasteiger partial charge in [-0.1, -0.05) is 91.0 Å². The van der Waals surface area contributed by atoms with Crippen molar-refractivity contribution in [2.24, 2.45) is 0 Å². The highest BCUT2D eigenvalue weighted by Gasteiger charge is 2.81. The number of para-hydroxylation sites is 3. The summed E-state index contributed by atoms with van der Waals surface area (Å²) in [5, 5.41) is 2.42. The number of rotatable bonds is 11. The molecule has 9 aromatic rings. The lowest BCUT2D eigenvalue weighted by atomic mass is 9.96. The molecule has 0 spiro atoms. The lowest BCUT2D eigenvalue weighted by molar-refractivity contribution is -0.373. The molecule has 5 aromatic carbocycles. The Morgan fingerprint density at radius 1 is 0.414 bits per heavy atom. The first-order valence-corrected chi connectivity index (χ1v) is 19.2. The van der Waals surface area contributed by atoms with Gasteiger partial charge in [0.05, 0.1) is 15.4 Å². The molecular weight excluding hydrogens is 805 g/mol. The number of halogens is 8. The van der Waals surface area contributed by atoms with E-state index in [0.29, 0.717) is 50.8 Å². The Balaban J connectivity index is 1.08. The smallest absolute Gasteiger partial charge is 0.383 e. The third-order valence-electron chi connectivity index (χ3n) is 9.71. The first kappa shape index (κ1) is 37.5. The molecule has 0 atom stereocenters. The number of furan rings is 2. The molecule has 292 valence electrons. The minimum absolute atomic E-state index is 0.0459. The predicted octanol–water partition coefficient (Wildman–Crippen LogP) is 15.5. The normalized spacial score (nSPS) is 12.8. The van der Waals surface area contributed by atoms with Gasteiger partial charge in [-0.2, -0.15) is 35.1 Å². The zero-order valence-corrected chi connectivity index (χ0v) is 31.2. The molecule has 4 heterocycles. The van der Waals surface area contributed by atoms with Gasteiger partial charge in [-0.25, -0.2) is 0 Å². The van der Waals surface area contributed by atoms with Gasteiger partial charge in [0.15, 0.2) is 0 Å². The number of thiophene rings is 2. The molecule has 0 aliphatic heterocycles. The van der Waals surface area contributed by atoms with E-state index in [9.17, 15) is 0 Å². The summed E-state index contributed by atoms with van der Waals surface area (Å²) in [4.78, 5) is -0.382. The van der Waals surface area contributed by atoms with Crippen LogP contribution >= 0.6 is 22.7 Å². The fourth-order valence-corrected chi connectivity index (χ4v) is 8.86. The van der Waals surface area contributed by atoms with Crippen LogP contribution in [0.2, 0.25) is 0 Å². The van der Waals surface area contributed by atoms with E-state index < -0.39 is 33.4 Å². The zero-order chi connectivity index (χ0) is 40.5. The summed E-state index contributed by atoms with van der Waals surface area (Å²) in [6.45, 7) is 0. The highest BCUT2D eigenvalue weighted by atomic mass is 32.1. The molecule has 0 aliphatic carbocycles. The monoisotopic (exact) mass is 830 g/mol. The second-order valence-corrected chi connectivity index (χ2v) is 15.4. The van der Waals surface area contributed by atoms with Crippen LogP contribution in [0.15, 0.2) is 167 Å². The summed E-state index contributed by atoms with van der Waals surface area (Å²) in [6, 6.07) is 40.5. The Morgan fingerprint density at radius 2 is 0.862 bits per heavy atom. The quantitative estimate of drug-likeness (QED) is 0.122. The summed E-state index contributed by atoms with van der Waals surface area (Å²) in [5.41, 5.74) is 1.64. The largest absolute Gasteiger partial charge is 0.440 e. The second-order valence-electron chi connectivity index (χ2n) is 13.3. The molecule has 0 saturated carbocycles. The first-order chi connectivity index (χ1) is 27.8.